The quantitative estimate of drug-likeness (QED) is 0.940. The maximum atomic E-state index is 12.9. The molecule has 0 saturated heterocycles. The Balaban J connectivity index is 2.01. The van der Waals surface area contributed by atoms with Gasteiger partial charge in [-0.2, -0.15) is 4.31 Å². The van der Waals surface area contributed by atoms with Gasteiger partial charge < -0.3 is 9.52 Å². The van der Waals surface area contributed by atoms with Gasteiger partial charge in [0.25, 0.3) is 0 Å². The van der Waals surface area contributed by atoms with Crippen LogP contribution in [0.25, 0.3) is 0 Å². The molecule has 5 nitrogen and oxygen atoms in total. The Morgan fingerprint density at radius 3 is 2.95 bits per heavy atom. The molecule has 1 unspecified atom stereocenters. The second-order valence-electron chi connectivity index (χ2n) is 5.13. The SMILES string of the molecule is Cc1oc(CO)cc1S(=O)(=O)N1CCc2sccc2C1C. The molecule has 3 heterocycles. The largest absolute Gasteiger partial charge is 0.462 e. The van der Waals surface area contributed by atoms with E-state index in [1.807, 2.05) is 18.4 Å². The molecule has 21 heavy (non-hydrogen) atoms. The maximum absolute atomic E-state index is 12.9. The van der Waals surface area contributed by atoms with Gasteiger partial charge >= 0.3 is 0 Å². The molecule has 0 amide bonds. The molecular formula is C14H17NO4S2. The number of sulfonamides is 1. The lowest BCUT2D eigenvalue weighted by Crippen LogP contribution is -2.38. The summed E-state index contributed by atoms with van der Waals surface area (Å²) in [5, 5.41) is 11.1. The summed E-state index contributed by atoms with van der Waals surface area (Å²) in [5.41, 5.74) is 1.08. The zero-order valence-corrected chi connectivity index (χ0v) is 13.5. The molecule has 0 spiro atoms. The van der Waals surface area contributed by atoms with Gasteiger partial charge in [0.15, 0.2) is 0 Å². The lowest BCUT2D eigenvalue weighted by molar-refractivity contribution is 0.244. The van der Waals surface area contributed by atoms with Gasteiger partial charge in [-0.1, -0.05) is 0 Å². The minimum Gasteiger partial charge on any atom is -0.462 e. The summed E-state index contributed by atoms with van der Waals surface area (Å²) in [6.07, 6.45) is 0.736. The summed E-state index contributed by atoms with van der Waals surface area (Å²) in [4.78, 5) is 1.41. The number of furan rings is 1. The molecule has 1 aliphatic rings. The molecule has 2 aromatic heterocycles. The number of rotatable bonds is 3. The van der Waals surface area contributed by atoms with Gasteiger partial charge in [0.2, 0.25) is 10.0 Å². The average molecular weight is 327 g/mol. The van der Waals surface area contributed by atoms with E-state index in [1.54, 1.807) is 18.3 Å². The van der Waals surface area contributed by atoms with E-state index in [-0.39, 0.29) is 23.3 Å². The summed E-state index contributed by atoms with van der Waals surface area (Å²) in [6, 6.07) is 3.23. The third kappa shape index (κ3) is 2.34. The molecule has 0 bridgehead atoms. The van der Waals surface area contributed by atoms with E-state index >= 15 is 0 Å². The standard InChI is InChI=1S/C14H17NO4S2/c1-9-12-4-6-20-13(12)3-5-15(9)21(17,18)14-7-11(8-16)19-10(14)2/h4,6-7,9,16H,3,5,8H2,1-2H3. The van der Waals surface area contributed by atoms with E-state index in [0.29, 0.717) is 12.3 Å². The van der Waals surface area contributed by atoms with Crippen LogP contribution < -0.4 is 0 Å². The predicted molar refractivity (Wildman–Crippen MR) is 79.7 cm³/mol. The van der Waals surface area contributed by atoms with Gasteiger partial charge in [-0.25, -0.2) is 8.42 Å². The van der Waals surface area contributed by atoms with Crippen molar-refractivity contribution in [3.63, 3.8) is 0 Å². The summed E-state index contributed by atoms with van der Waals surface area (Å²) in [7, 11) is -3.62. The van der Waals surface area contributed by atoms with Crippen LogP contribution in [0, 0.1) is 6.92 Å². The molecule has 7 heteroatoms. The van der Waals surface area contributed by atoms with E-state index in [0.717, 1.165) is 12.0 Å². The first kappa shape index (κ1) is 14.8. The van der Waals surface area contributed by atoms with Gasteiger partial charge in [-0.05, 0) is 37.3 Å². The highest BCUT2D eigenvalue weighted by molar-refractivity contribution is 7.89. The molecule has 0 saturated carbocycles. The lowest BCUT2D eigenvalue weighted by atomic mass is 10.0. The molecule has 1 N–H and O–H groups in total. The van der Waals surface area contributed by atoms with Gasteiger partial charge in [-0.3, -0.25) is 0 Å². The fourth-order valence-corrected chi connectivity index (χ4v) is 5.56. The van der Waals surface area contributed by atoms with Crippen LogP contribution in [0.4, 0.5) is 0 Å². The van der Waals surface area contributed by atoms with E-state index in [2.05, 4.69) is 0 Å². The molecular weight excluding hydrogens is 310 g/mol. The summed E-state index contributed by atoms with van der Waals surface area (Å²) in [6.45, 7) is 3.68. The van der Waals surface area contributed by atoms with Crippen molar-refractivity contribution in [2.75, 3.05) is 6.54 Å². The summed E-state index contributed by atoms with van der Waals surface area (Å²) in [5.74, 6) is 0.592. The minimum atomic E-state index is -3.62. The van der Waals surface area contributed by atoms with Gasteiger partial charge in [0, 0.05) is 23.5 Å². The lowest BCUT2D eigenvalue weighted by Gasteiger charge is -2.32. The highest BCUT2D eigenvalue weighted by atomic mass is 32.2. The Bertz CT molecular complexity index is 760. The molecule has 0 aliphatic carbocycles. The number of aryl methyl sites for hydroxylation is 1. The van der Waals surface area contributed by atoms with Crippen molar-refractivity contribution < 1.29 is 17.9 Å². The van der Waals surface area contributed by atoms with E-state index < -0.39 is 10.0 Å². The Morgan fingerprint density at radius 1 is 1.52 bits per heavy atom. The number of hydrogen-bond acceptors (Lipinski definition) is 5. The zero-order chi connectivity index (χ0) is 15.2. The zero-order valence-electron chi connectivity index (χ0n) is 11.9. The smallest absolute Gasteiger partial charge is 0.247 e. The molecule has 114 valence electrons. The molecule has 0 fully saturated rings. The van der Waals surface area contributed by atoms with Crippen molar-refractivity contribution in [1.82, 2.24) is 4.31 Å². The van der Waals surface area contributed by atoms with E-state index in [9.17, 15) is 8.42 Å². The number of aliphatic hydroxyl groups excluding tert-OH is 1. The first-order valence-electron chi connectivity index (χ1n) is 6.73. The molecule has 0 aromatic carbocycles. The number of fused-ring (bicyclic) bond motifs is 1. The number of hydrogen-bond donors (Lipinski definition) is 1. The van der Waals surface area contributed by atoms with E-state index in [4.69, 9.17) is 9.52 Å². The van der Waals surface area contributed by atoms with Crippen LogP contribution >= 0.6 is 11.3 Å². The Labute approximate surface area is 127 Å². The highest BCUT2D eigenvalue weighted by Gasteiger charge is 2.36. The Morgan fingerprint density at radius 2 is 2.29 bits per heavy atom. The van der Waals surface area contributed by atoms with Crippen molar-refractivity contribution in [1.29, 1.82) is 0 Å². The highest BCUT2D eigenvalue weighted by Crippen LogP contribution is 2.37. The normalized spacial score (nSPS) is 19.7. The molecule has 2 aromatic rings. The number of thiophene rings is 1. The van der Waals surface area contributed by atoms with Gasteiger partial charge in [0.1, 0.15) is 23.0 Å². The summed E-state index contributed by atoms with van der Waals surface area (Å²) >= 11 is 1.68. The fraction of sp³-hybridized carbons (Fsp3) is 0.429. The van der Waals surface area contributed by atoms with Crippen molar-refractivity contribution >= 4 is 21.4 Å². The van der Waals surface area contributed by atoms with Crippen molar-refractivity contribution in [3.05, 3.63) is 39.5 Å². The van der Waals surface area contributed by atoms with Gasteiger partial charge in [0.05, 0.1) is 0 Å². The first-order valence-corrected chi connectivity index (χ1v) is 9.05. The maximum Gasteiger partial charge on any atom is 0.247 e. The molecule has 1 atom stereocenters. The first-order chi connectivity index (χ1) is 9.95. The van der Waals surface area contributed by atoms with E-state index in [1.165, 1.54) is 15.2 Å². The Kier molecular flexibility index (Phi) is 3.69. The predicted octanol–water partition coefficient (Wildman–Crippen LogP) is 2.45. The monoisotopic (exact) mass is 327 g/mol. The van der Waals surface area contributed by atoms with Crippen LogP contribution in [0.2, 0.25) is 0 Å². The Hall–Kier alpha value is -1.15. The minimum absolute atomic E-state index is 0.150. The third-order valence-corrected chi connectivity index (χ3v) is 6.96. The second-order valence-corrected chi connectivity index (χ2v) is 7.99. The fourth-order valence-electron chi connectivity index (χ4n) is 2.80. The van der Waals surface area contributed by atoms with Crippen LogP contribution in [0.1, 0.15) is 34.9 Å². The average Bonchev–Trinajstić information content (AvgIpc) is 3.05. The van der Waals surface area contributed by atoms with Crippen LogP contribution in [-0.4, -0.2) is 24.4 Å². The molecule has 1 aliphatic heterocycles. The van der Waals surface area contributed by atoms with Crippen LogP contribution in [0.5, 0.6) is 0 Å². The van der Waals surface area contributed by atoms with Crippen LogP contribution in [-0.2, 0) is 23.1 Å². The van der Waals surface area contributed by atoms with Crippen molar-refractivity contribution in [2.45, 2.75) is 37.8 Å². The summed E-state index contributed by atoms with van der Waals surface area (Å²) < 4.78 is 32.5. The number of aliphatic hydroxyl groups is 1. The topological polar surface area (TPSA) is 70.8 Å². The second kappa shape index (κ2) is 5.24. The number of nitrogens with zero attached hydrogens (tertiary/aromatic N) is 1. The molecule has 3 rings (SSSR count). The van der Waals surface area contributed by atoms with Crippen molar-refractivity contribution in [3.8, 4) is 0 Å². The molecule has 0 radical (unpaired) electrons. The van der Waals surface area contributed by atoms with Crippen LogP contribution in [0.15, 0.2) is 26.8 Å². The van der Waals surface area contributed by atoms with Crippen LogP contribution in [0.3, 0.4) is 0 Å². The van der Waals surface area contributed by atoms with Gasteiger partial charge in [-0.15, -0.1) is 11.3 Å². The van der Waals surface area contributed by atoms with Crippen molar-refractivity contribution in [2.24, 2.45) is 0 Å². The third-order valence-electron chi connectivity index (χ3n) is 3.89.